The number of alkyl halides is 5. The topological polar surface area (TPSA) is 20.2 Å². The van der Waals surface area contributed by atoms with Crippen molar-refractivity contribution in [2.75, 3.05) is 0 Å². The molecule has 1 unspecified atom stereocenters. The second kappa shape index (κ2) is 1.84. The summed E-state index contributed by atoms with van der Waals surface area (Å²) in [7, 11) is 0. The molecule has 0 saturated heterocycles. The molecule has 0 radical (unpaired) electrons. The van der Waals surface area contributed by atoms with Gasteiger partial charge in [-0.25, -0.2) is 0 Å². The van der Waals surface area contributed by atoms with Gasteiger partial charge in [0.15, 0.2) is 0 Å². The van der Waals surface area contributed by atoms with Gasteiger partial charge in [0.25, 0.3) is 0 Å². The predicted octanol–water partition coefficient (Wildman–Crippen LogP) is 1.56. The smallest absolute Gasteiger partial charge is 0.346 e. The van der Waals surface area contributed by atoms with Gasteiger partial charge < -0.3 is 5.11 Å². The van der Waals surface area contributed by atoms with Crippen molar-refractivity contribution in [3.63, 3.8) is 0 Å². The maximum atomic E-state index is 11.2. The predicted molar refractivity (Wildman–Crippen MR) is 21.0 cm³/mol. The standard InChI is InChI=1S/C2HBrF4O/c3-1(4,8)2(5,6)7/h8H. The fourth-order valence-corrected chi connectivity index (χ4v) is 0. The Hall–Kier alpha value is 0.160. The van der Waals surface area contributed by atoms with Crippen LogP contribution in [0.2, 0.25) is 0 Å². The van der Waals surface area contributed by atoms with Crippen LogP contribution in [0.1, 0.15) is 0 Å². The highest BCUT2D eigenvalue weighted by atomic mass is 79.9. The van der Waals surface area contributed by atoms with E-state index in [1.165, 1.54) is 15.9 Å². The van der Waals surface area contributed by atoms with Crippen LogP contribution in [0.4, 0.5) is 17.6 Å². The van der Waals surface area contributed by atoms with Crippen molar-refractivity contribution < 1.29 is 22.7 Å². The van der Waals surface area contributed by atoms with E-state index in [-0.39, 0.29) is 0 Å². The molecule has 0 rings (SSSR count). The van der Waals surface area contributed by atoms with Gasteiger partial charge in [-0.15, -0.1) is 0 Å². The number of hydrogen-bond acceptors (Lipinski definition) is 1. The van der Waals surface area contributed by atoms with Gasteiger partial charge in [0.1, 0.15) is 0 Å². The molecule has 0 aromatic carbocycles. The van der Waals surface area contributed by atoms with Crippen LogP contribution in [0, 0.1) is 0 Å². The third kappa shape index (κ3) is 1.95. The zero-order valence-electron chi connectivity index (χ0n) is 3.34. The fourth-order valence-electron chi connectivity index (χ4n) is 0. The lowest BCUT2D eigenvalue weighted by molar-refractivity contribution is -0.263. The molecule has 1 atom stereocenters. The van der Waals surface area contributed by atoms with E-state index in [1.54, 1.807) is 0 Å². The van der Waals surface area contributed by atoms with Crippen molar-refractivity contribution >= 4 is 15.9 Å². The Morgan fingerprint density at radius 3 is 1.25 bits per heavy atom. The molecule has 0 bridgehead atoms. The molecular weight excluding hydrogens is 196 g/mol. The Morgan fingerprint density at radius 2 is 1.25 bits per heavy atom. The van der Waals surface area contributed by atoms with Crippen molar-refractivity contribution in [3.8, 4) is 0 Å². The summed E-state index contributed by atoms with van der Waals surface area (Å²) in [6.07, 6.45) is -5.26. The van der Waals surface area contributed by atoms with Crippen LogP contribution in [0.5, 0.6) is 0 Å². The van der Waals surface area contributed by atoms with Crippen molar-refractivity contribution in [2.45, 2.75) is 10.9 Å². The average molecular weight is 197 g/mol. The van der Waals surface area contributed by atoms with E-state index in [9.17, 15) is 17.6 Å². The van der Waals surface area contributed by atoms with Gasteiger partial charge in [0.2, 0.25) is 0 Å². The summed E-state index contributed by atoms with van der Waals surface area (Å²) >= 11 is 1.36. The summed E-state index contributed by atoms with van der Waals surface area (Å²) in [5, 5.41) is 7.48. The Balaban J connectivity index is 4.02. The Morgan fingerprint density at radius 1 is 1.12 bits per heavy atom. The second-order valence-electron chi connectivity index (χ2n) is 1.04. The zero-order chi connectivity index (χ0) is 7.00. The van der Waals surface area contributed by atoms with Crippen LogP contribution in [-0.2, 0) is 0 Å². The van der Waals surface area contributed by atoms with Crippen molar-refractivity contribution in [3.05, 3.63) is 0 Å². The number of rotatable bonds is 0. The third-order valence-electron chi connectivity index (χ3n) is 0.341. The van der Waals surface area contributed by atoms with Gasteiger partial charge in [-0.05, 0) is 15.9 Å². The molecular formula is C2HBrF4O. The molecule has 1 nitrogen and oxygen atoms in total. The SMILES string of the molecule is OC(F)(Br)C(F)(F)F. The molecule has 0 aliphatic rings. The van der Waals surface area contributed by atoms with Gasteiger partial charge in [-0.1, -0.05) is 0 Å². The van der Waals surface area contributed by atoms with Crippen LogP contribution in [0.3, 0.4) is 0 Å². The van der Waals surface area contributed by atoms with Crippen molar-refractivity contribution in [1.82, 2.24) is 0 Å². The first-order chi connectivity index (χ1) is 3.25. The molecule has 50 valence electrons. The van der Waals surface area contributed by atoms with E-state index in [0.717, 1.165) is 0 Å². The van der Waals surface area contributed by atoms with Crippen LogP contribution >= 0.6 is 15.9 Å². The number of hydrogen-bond donors (Lipinski definition) is 1. The van der Waals surface area contributed by atoms with Crippen LogP contribution < -0.4 is 0 Å². The van der Waals surface area contributed by atoms with Gasteiger partial charge in [0, 0.05) is 0 Å². The lowest BCUT2D eigenvalue weighted by Gasteiger charge is -2.13. The quantitative estimate of drug-likeness (QED) is 0.461. The minimum atomic E-state index is -5.26. The van der Waals surface area contributed by atoms with Crippen molar-refractivity contribution in [1.29, 1.82) is 0 Å². The summed E-state index contributed by atoms with van der Waals surface area (Å²) in [6, 6.07) is 0. The molecule has 0 spiro atoms. The lowest BCUT2D eigenvalue weighted by Crippen LogP contribution is -2.33. The van der Waals surface area contributed by atoms with E-state index in [1.807, 2.05) is 0 Å². The van der Waals surface area contributed by atoms with Crippen LogP contribution in [0.25, 0.3) is 0 Å². The van der Waals surface area contributed by atoms with Crippen LogP contribution in [-0.4, -0.2) is 16.0 Å². The molecule has 0 aromatic heterocycles. The molecule has 0 amide bonds. The highest BCUT2D eigenvalue weighted by molar-refractivity contribution is 9.10. The van der Waals surface area contributed by atoms with E-state index in [4.69, 9.17) is 5.11 Å². The molecule has 0 aliphatic heterocycles. The second-order valence-corrected chi connectivity index (χ2v) is 2.09. The monoisotopic (exact) mass is 196 g/mol. The van der Waals surface area contributed by atoms with Gasteiger partial charge in [0.05, 0.1) is 0 Å². The molecule has 8 heavy (non-hydrogen) atoms. The minimum absolute atomic E-state index is 1.36. The first kappa shape index (κ1) is 8.16. The Kier molecular flexibility index (Phi) is 1.87. The van der Waals surface area contributed by atoms with Crippen molar-refractivity contribution in [2.24, 2.45) is 0 Å². The molecule has 0 heterocycles. The first-order valence-electron chi connectivity index (χ1n) is 1.42. The summed E-state index contributed by atoms with van der Waals surface area (Å²) < 4.78 is 39.7. The summed E-state index contributed by atoms with van der Waals surface area (Å²) in [6.45, 7) is 0. The van der Waals surface area contributed by atoms with Gasteiger partial charge >= 0.3 is 10.9 Å². The van der Waals surface area contributed by atoms with E-state index < -0.39 is 10.9 Å². The molecule has 1 N–H and O–H groups in total. The summed E-state index contributed by atoms with van der Waals surface area (Å²) in [4.78, 5) is 0. The Labute approximate surface area is 50.4 Å². The summed E-state index contributed by atoms with van der Waals surface area (Å²) in [5.41, 5.74) is 0. The molecule has 6 heteroatoms. The maximum Gasteiger partial charge on any atom is 0.459 e. The molecule has 0 saturated carbocycles. The normalized spacial score (nSPS) is 20.2. The first-order valence-corrected chi connectivity index (χ1v) is 2.21. The largest absolute Gasteiger partial charge is 0.459 e. The van der Waals surface area contributed by atoms with Gasteiger partial charge in [-0.3, -0.25) is 0 Å². The van der Waals surface area contributed by atoms with Gasteiger partial charge in [-0.2, -0.15) is 17.6 Å². The maximum absolute atomic E-state index is 11.2. The summed E-state index contributed by atoms with van der Waals surface area (Å²) in [5.74, 6) is 0. The molecule has 0 aromatic rings. The number of halogens is 5. The lowest BCUT2D eigenvalue weighted by atomic mass is 10.7. The average Bonchev–Trinajstić information content (AvgIpc) is 1.25. The highest BCUT2D eigenvalue weighted by Gasteiger charge is 2.53. The minimum Gasteiger partial charge on any atom is -0.346 e. The van der Waals surface area contributed by atoms with E-state index in [2.05, 4.69) is 0 Å². The Bertz CT molecular complexity index is 69.0. The molecule has 0 fully saturated rings. The fraction of sp³-hybridized carbons (Fsp3) is 1.00. The van der Waals surface area contributed by atoms with E-state index >= 15 is 0 Å². The zero-order valence-corrected chi connectivity index (χ0v) is 4.92. The number of aliphatic hydroxyl groups is 1. The highest BCUT2D eigenvalue weighted by Crippen LogP contribution is 2.36. The third-order valence-corrected chi connectivity index (χ3v) is 0.791. The van der Waals surface area contributed by atoms with Crippen LogP contribution in [0.15, 0.2) is 0 Å². The van der Waals surface area contributed by atoms with E-state index in [0.29, 0.717) is 0 Å². The molecule has 0 aliphatic carbocycles.